The number of amides is 1. The average molecular weight is 406 g/mol. The van der Waals surface area contributed by atoms with E-state index in [4.69, 9.17) is 5.73 Å². The molecule has 0 radical (unpaired) electrons. The first-order valence-corrected chi connectivity index (χ1v) is 11.1. The third-order valence-corrected chi connectivity index (χ3v) is 6.25. The van der Waals surface area contributed by atoms with Gasteiger partial charge in [-0.1, -0.05) is 33.1 Å². The third kappa shape index (κ3) is 4.91. The Morgan fingerprint density at radius 1 is 1.21 bits per heavy atom. The highest BCUT2D eigenvalue weighted by molar-refractivity contribution is 5.97. The quantitative estimate of drug-likeness (QED) is 0.721. The number of carbonyl (C=O) groups is 1. The summed E-state index contributed by atoms with van der Waals surface area (Å²) in [7, 11) is 0. The van der Waals surface area contributed by atoms with Crippen LogP contribution in [0.15, 0.2) is 9.59 Å². The molecule has 29 heavy (non-hydrogen) atoms. The van der Waals surface area contributed by atoms with Crippen molar-refractivity contribution in [2.45, 2.75) is 77.8 Å². The lowest BCUT2D eigenvalue weighted by molar-refractivity contribution is -0.120. The van der Waals surface area contributed by atoms with Crippen molar-refractivity contribution >= 4 is 17.4 Å². The van der Waals surface area contributed by atoms with E-state index in [1.165, 1.54) is 11.0 Å². The van der Waals surface area contributed by atoms with Gasteiger partial charge in [0.2, 0.25) is 5.91 Å². The van der Waals surface area contributed by atoms with E-state index in [0.717, 1.165) is 58.0 Å². The van der Waals surface area contributed by atoms with Crippen LogP contribution in [0.3, 0.4) is 0 Å². The highest BCUT2D eigenvalue weighted by atomic mass is 16.2. The summed E-state index contributed by atoms with van der Waals surface area (Å²) in [5, 5.41) is 0. The van der Waals surface area contributed by atoms with Crippen molar-refractivity contribution in [3.8, 4) is 0 Å². The van der Waals surface area contributed by atoms with Gasteiger partial charge in [-0.3, -0.25) is 24.0 Å². The van der Waals surface area contributed by atoms with Gasteiger partial charge in [0.05, 0.1) is 6.54 Å². The molecule has 8 nitrogen and oxygen atoms in total. The summed E-state index contributed by atoms with van der Waals surface area (Å²) in [4.78, 5) is 44.7. The Morgan fingerprint density at radius 2 is 1.93 bits per heavy atom. The summed E-state index contributed by atoms with van der Waals surface area (Å²) in [6.45, 7) is 6.75. The van der Waals surface area contributed by atoms with Crippen LogP contribution in [0, 0.1) is 5.92 Å². The number of aromatic nitrogens is 2. The normalized spacial score (nSPS) is 20.8. The van der Waals surface area contributed by atoms with Crippen LogP contribution in [0.2, 0.25) is 0 Å². The van der Waals surface area contributed by atoms with Crippen molar-refractivity contribution in [3.63, 3.8) is 0 Å². The first-order chi connectivity index (χ1) is 13.9. The molecule has 1 amide bonds. The molecule has 1 aliphatic heterocycles. The number of likely N-dealkylation sites (tertiary alicyclic amines) is 1. The SMILES string of the molecule is CCCCn1c(N)c(N(C(=O)CN2CCC[C@H](C)C2)C2CCCC2)c(=O)[nH]c1=O. The molecule has 3 N–H and O–H groups in total. The fraction of sp³-hybridized carbons (Fsp3) is 0.762. The standard InChI is InChI=1S/C21H35N5O3/c1-3-4-12-25-19(22)18(20(28)23-21(25)29)26(16-9-5-6-10-16)17(27)14-24-11-7-8-15(2)13-24/h15-16H,3-14,22H2,1-2H3,(H,23,28,29)/t15-/m0/s1. The highest BCUT2D eigenvalue weighted by Crippen LogP contribution is 2.30. The fourth-order valence-electron chi connectivity index (χ4n) is 4.72. The number of hydrogen-bond acceptors (Lipinski definition) is 5. The number of H-pyrrole nitrogens is 1. The molecule has 3 rings (SSSR count). The molecule has 0 aromatic carbocycles. The highest BCUT2D eigenvalue weighted by Gasteiger charge is 2.33. The predicted octanol–water partition coefficient (Wildman–Crippen LogP) is 1.93. The van der Waals surface area contributed by atoms with E-state index < -0.39 is 11.2 Å². The molecule has 2 aliphatic rings. The predicted molar refractivity (Wildman–Crippen MR) is 115 cm³/mol. The Morgan fingerprint density at radius 3 is 2.59 bits per heavy atom. The van der Waals surface area contributed by atoms with Gasteiger partial charge in [0.15, 0.2) is 5.69 Å². The number of nitrogens with zero attached hydrogens (tertiary/aromatic N) is 3. The number of nitrogens with two attached hydrogens (primary N) is 1. The van der Waals surface area contributed by atoms with Crippen LogP contribution in [0.5, 0.6) is 0 Å². The maximum Gasteiger partial charge on any atom is 0.330 e. The van der Waals surface area contributed by atoms with E-state index in [-0.39, 0.29) is 30.0 Å². The first kappa shape index (κ1) is 21.6. The summed E-state index contributed by atoms with van der Waals surface area (Å²) in [5.74, 6) is 0.587. The van der Waals surface area contributed by atoms with Gasteiger partial charge in [-0.15, -0.1) is 0 Å². The lowest BCUT2D eigenvalue weighted by Gasteiger charge is -2.34. The molecule has 1 saturated heterocycles. The molecule has 2 heterocycles. The summed E-state index contributed by atoms with van der Waals surface area (Å²) in [6, 6.07) is -0.0368. The van der Waals surface area contributed by atoms with Crippen molar-refractivity contribution in [1.29, 1.82) is 0 Å². The zero-order valence-corrected chi connectivity index (χ0v) is 17.8. The van der Waals surface area contributed by atoms with Gasteiger partial charge in [-0.05, 0) is 44.6 Å². The number of hydrogen-bond donors (Lipinski definition) is 2. The van der Waals surface area contributed by atoms with Crippen LogP contribution in [-0.2, 0) is 11.3 Å². The van der Waals surface area contributed by atoms with E-state index in [1.54, 1.807) is 4.90 Å². The molecule has 1 aromatic rings. The van der Waals surface area contributed by atoms with Crippen LogP contribution < -0.4 is 21.9 Å². The minimum atomic E-state index is -0.562. The molecule has 162 valence electrons. The van der Waals surface area contributed by atoms with Crippen LogP contribution in [0.25, 0.3) is 0 Å². The molecule has 1 saturated carbocycles. The van der Waals surface area contributed by atoms with Gasteiger partial charge in [0, 0.05) is 19.1 Å². The van der Waals surface area contributed by atoms with Gasteiger partial charge in [0.1, 0.15) is 5.82 Å². The van der Waals surface area contributed by atoms with E-state index in [9.17, 15) is 14.4 Å². The van der Waals surface area contributed by atoms with Gasteiger partial charge in [-0.25, -0.2) is 4.79 Å². The minimum Gasteiger partial charge on any atom is -0.383 e. The Balaban J connectivity index is 1.95. The van der Waals surface area contributed by atoms with Gasteiger partial charge in [0.25, 0.3) is 5.56 Å². The Bertz CT molecular complexity index is 825. The second-order valence-electron chi connectivity index (χ2n) is 8.68. The van der Waals surface area contributed by atoms with E-state index in [1.807, 2.05) is 6.92 Å². The largest absolute Gasteiger partial charge is 0.383 e. The molecule has 0 bridgehead atoms. The van der Waals surface area contributed by atoms with Crippen molar-refractivity contribution in [3.05, 3.63) is 20.8 Å². The Labute approximate surface area is 172 Å². The lowest BCUT2D eigenvalue weighted by Crippen LogP contribution is -2.50. The zero-order valence-electron chi connectivity index (χ0n) is 17.8. The number of rotatable bonds is 7. The molecule has 1 aromatic heterocycles. The number of carbonyl (C=O) groups excluding carboxylic acids is 1. The third-order valence-electron chi connectivity index (χ3n) is 6.25. The van der Waals surface area contributed by atoms with E-state index >= 15 is 0 Å². The van der Waals surface area contributed by atoms with Crippen LogP contribution in [0.1, 0.15) is 65.2 Å². The molecule has 1 atom stereocenters. The molecular formula is C21H35N5O3. The number of anilines is 2. The summed E-state index contributed by atoms with van der Waals surface area (Å²) >= 11 is 0. The lowest BCUT2D eigenvalue weighted by atomic mass is 10.0. The maximum atomic E-state index is 13.4. The van der Waals surface area contributed by atoms with Gasteiger partial charge >= 0.3 is 5.69 Å². The number of nitrogens with one attached hydrogen (secondary N) is 1. The number of aromatic amines is 1. The van der Waals surface area contributed by atoms with Crippen molar-refractivity contribution < 1.29 is 4.79 Å². The number of piperidine rings is 1. The minimum absolute atomic E-state index is 0.0368. The maximum absolute atomic E-state index is 13.4. The Kier molecular flexibility index (Phi) is 7.16. The molecule has 1 aliphatic carbocycles. The van der Waals surface area contributed by atoms with E-state index in [0.29, 0.717) is 12.5 Å². The van der Waals surface area contributed by atoms with Crippen molar-refractivity contribution in [2.75, 3.05) is 30.3 Å². The average Bonchev–Trinajstić information content (AvgIpc) is 3.19. The van der Waals surface area contributed by atoms with E-state index in [2.05, 4.69) is 16.8 Å². The summed E-state index contributed by atoms with van der Waals surface area (Å²) in [5.41, 5.74) is 5.41. The van der Waals surface area contributed by atoms with Gasteiger partial charge in [-0.2, -0.15) is 0 Å². The Hall–Kier alpha value is -2.09. The molecule has 0 unspecified atom stereocenters. The monoisotopic (exact) mass is 405 g/mol. The summed E-state index contributed by atoms with van der Waals surface area (Å²) < 4.78 is 1.40. The second-order valence-corrected chi connectivity index (χ2v) is 8.68. The fourth-order valence-corrected chi connectivity index (χ4v) is 4.72. The molecular weight excluding hydrogens is 370 g/mol. The van der Waals surface area contributed by atoms with Crippen molar-refractivity contribution in [1.82, 2.24) is 14.5 Å². The second kappa shape index (κ2) is 9.61. The smallest absolute Gasteiger partial charge is 0.330 e. The van der Waals surface area contributed by atoms with Crippen LogP contribution in [0.4, 0.5) is 11.5 Å². The molecule has 0 spiro atoms. The summed E-state index contributed by atoms with van der Waals surface area (Å²) in [6.07, 6.45) is 7.72. The number of nitrogen functional groups attached to an aromatic ring is 1. The zero-order chi connectivity index (χ0) is 21.0. The molecule has 2 fully saturated rings. The molecule has 8 heteroatoms. The van der Waals surface area contributed by atoms with Crippen molar-refractivity contribution in [2.24, 2.45) is 5.92 Å². The van der Waals surface area contributed by atoms with Crippen LogP contribution >= 0.6 is 0 Å². The number of unbranched alkanes of at least 4 members (excludes halogenated alkanes) is 1. The van der Waals surface area contributed by atoms with Crippen LogP contribution in [-0.4, -0.2) is 46.0 Å². The van der Waals surface area contributed by atoms with Gasteiger partial charge < -0.3 is 10.6 Å². The topological polar surface area (TPSA) is 104 Å². The first-order valence-electron chi connectivity index (χ1n) is 11.1.